The smallest absolute Gasteiger partial charge is 0.321 e. The van der Waals surface area contributed by atoms with Crippen molar-refractivity contribution in [2.24, 2.45) is 5.41 Å². The van der Waals surface area contributed by atoms with Gasteiger partial charge in [-0.05, 0) is 53.9 Å². The van der Waals surface area contributed by atoms with Gasteiger partial charge in [-0.3, -0.25) is 4.79 Å². The summed E-state index contributed by atoms with van der Waals surface area (Å²) in [7, 11) is 0. The highest BCUT2D eigenvalue weighted by Crippen LogP contribution is 2.30. The second kappa shape index (κ2) is 6.01. The number of urea groups is 1. The van der Waals surface area contributed by atoms with E-state index in [-0.39, 0.29) is 6.54 Å². The number of hydrogen-bond donors (Lipinski definition) is 2. The van der Waals surface area contributed by atoms with Gasteiger partial charge in [0.05, 0.1) is 9.89 Å². The van der Waals surface area contributed by atoms with Crippen LogP contribution in [0.2, 0.25) is 0 Å². The average molecular weight is 359 g/mol. The molecular weight excluding hydrogens is 343 g/mol. The van der Waals surface area contributed by atoms with Crippen molar-refractivity contribution in [3.05, 3.63) is 28.5 Å². The van der Waals surface area contributed by atoms with Crippen molar-refractivity contribution in [2.75, 3.05) is 18.4 Å². The minimum atomic E-state index is -0.930. The maximum Gasteiger partial charge on any atom is 0.321 e. The number of carboxylic acid groups (broad SMARTS) is 1. The van der Waals surface area contributed by atoms with Crippen LogP contribution in [0.4, 0.5) is 14.9 Å². The van der Waals surface area contributed by atoms with E-state index in [0.29, 0.717) is 29.5 Å². The van der Waals surface area contributed by atoms with Crippen molar-refractivity contribution in [3.8, 4) is 0 Å². The molecule has 2 rings (SSSR count). The van der Waals surface area contributed by atoms with Crippen LogP contribution < -0.4 is 5.32 Å². The summed E-state index contributed by atoms with van der Waals surface area (Å²) in [6.45, 7) is 2.27. The van der Waals surface area contributed by atoms with Crippen LogP contribution in [-0.2, 0) is 4.79 Å². The standard InChI is InChI=1S/C14H16BrFN2O3/c1-14(12(19)20)5-2-6-18(8-14)13(21)17-9-3-4-10(15)11(16)7-9/h3-4,7H,2,5-6,8H2,1H3,(H,17,21)(H,19,20). The number of carboxylic acids is 1. The van der Waals surface area contributed by atoms with Crippen LogP contribution >= 0.6 is 15.9 Å². The number of rotatable bonds is 2. The molecule has 0 radical (unpaired) electrons. The lowest BCUT2D eigenvalue weighted by molar-refractivity contribution is -0.150. The van der Waals surface area contributed by atoms with Crippen LogP contribution in [0.25, 0.3) is 0 Å². The summed E-state index contributed by atoms with van der Waals surface area (Å²) < 4.78 is 13.7. The molecular formula is C14H16BrFN2O3. The highest BCUT2D eigenvalue weighted by molar-refractivity contribution is 9.10. The first-order valence-corrected chi connectivity index (χ1v) is 7.35. The number of hydrogen-bond acceptors (Lipinski definition) is 2. The lowest BCUT2D eigenvalue weighted by atomic mass is 9.82. The van der Waals surface area contributed by atoms with Crippen LogP contribution in [0, 0.1) is 11.2 Å². The average Bonchev–Trinajstić information content (AvgIpc) is 2.43. The molecule has 0 aliphatic carbocycles. The van der Waals surface area contributed by atoms with Crippen LogP contribution in [0.3, 0.4) is 0 Å². The van der Waals surface area contributed by atoms with Gasteiger partial charge in [0.1, 0.15) is 5.82 Å². The number of carbonyl (C=O) groups excluding carboxylic acids is 1. The summed E-state index contributed by atoms with van der Waals surface area (Å²) in [5, 5.41) is 11.8. The van der Waals surface area contributed by atoms with E-state index in [4.69, 9.17) is 0 Å². The van der Waals surface area contributed by atoms with Gasteiger partial charge < -0.3 is 15.3 Å². The third-order valence-electron chi connectivity index (χ3n) is 3.67. The van der Waals surface area contributed by atoms with Crippen molar-refractivity contribution < 1.29 is 19.1 Å². The number of halogens is 2. The monoisotopic (exact) mass is 358 g/mol. The molecule has 1 aliphatic rings. The van der Waals surface area contributed by atoms with Gasteiger partial charge in [0.15, 0.2) is 0 Å². The summed E-state index contributed by atoms with van der Waals surface area (Å²) in [6, 6.07) is 3.87. The molecule has 0 saturated carbocycles. The molecule has 1 heterocycles. The largest absolute Gasteiger partial charge is 0.481 e. The van der Waals surface area contributed by atoms with Gasteiger partial charge in [-0.2, -0.15) is 0 Å². The van der Waals surface area contributed by atoms with E-state index in [2.05, 4.69) is 21.2 Å². The molecule has 7 heteroatoms. The quantitative estimate of drug-likeness (QED) is 0.851. The van der Waals surface area contributed by atoms with E-state index in [9.17, 15) is 19.1 Å². The van der Waals surface area contributed by atoms with Crippen molar-refractivity contribution in [1.29, 1.82) is 0 Å². The fraction of sp³-hybridized carbons (Fsp3) is 0.429. The Hall–Kier alpha value is -1.63. The molecule has 1 fully saturated rings. The Balaban J connectivity index is 2.06. The number of benzene rings is 1. The summed E-state index contributed by atoms with van der Waals surface area (Å²) >= 11 is 3.04. The van der Waals surface area contributed by atoms with Gasteiger partial charge in [-0.25, -0.2) is 9.18 Å². The summed E-state index contributed by atoms with van der Waals surface area (Å²) in [5.41, 5.74) is -0.594. The summed E-state index contributed by atoms with van der Waals surface area (Å²) in [4.78, 5) is 24.9. The molecule has 0 spiro atoms. The fourth-order valence-corrected chi connectivity index (χ4v) is 2.61. The van der Waals surface area contributed by atoms with Crippen molar-refractivity contribution in [1.82, 2.24) is 4.90 Å². The van der Waals surface area contributed by atoms with Gasteiger partial charge in [-0.15, -0.1) is 0 Å². The lowest BCUT2D eigenvalue weighted by Gasteiger charge is -2.37. The maximum absolute atomic E-state index is 13.4. The molecule has 1 aromatic carbocycles. The number of nitrogens with one attached hydrogen (secondary N) is 1. The van der Waals surface area contributed by atoms with Crippen molar-refractivity contribution in [2.45, 2.75) is 19.8 Å². The normalized spacial score (nSPS) is 22.0. The Morgan fingerprint density at radius 3 is 2.81 bits per heavy atom. The molecule has 1 atom stereocenters. The number of aliphatic carboxylic acids is 1. The zero-order valence-electron chi connectivity index (χ0n) is 11.5. The van der Waals surface area contributed by atoms with Gasteiger partial charge in [0, 0.05) is 18.8 Å². The second-order valence-corrected chi connectivity index (χ2v) is 6.30. The van der Waals surface area contributed by atoms with Gasteiger partial charge in [0.2, 0.25) is 0 Å². The molecule has 1 aromatic rings. The summed E-state index contributed by atoms with van der Waals surface area (Å²) in [6.07, 6.45) is 1.17. The van der Waals surface area contributed by atoms with E-state index in [1.54, 1.807) is 13.0 Å². The third kappa shape index (κ3) is 3.53. The van der Waals surface area contributed by atoms with Gasteiger partial charge in [0.25, 0.3) is 0 Å². The predicted octanol–water partition coefficient (Wildman–Crippen LogP) is 3.31. The molecule has 114 valence electrons. The second-order valence-electron chi connectivity index (χ2n) is 5.45. The highest BCUT2D eigenvalue weighted by atomic mass is 79.9. The first-order valence-electron chi connectivity index (χ1n) is 6.56. The Kier molecular flexibility index (Phi) is 4.51. The van der Waals surface area contributed by atoms with Crippen LogP contribution in [0.1, 0.15) is 19.8 Å². The third-order valence-corrected chi connectivity index (χ3v) is 4.31. The molecule has 1 saturated heterocycles. The molecule has 5 nitrogen and oxygen atoms in total. The number of likely N-dealkylation sites (tertiary alicyclic amines) is 1. The molecule has 1 aliphatic heterocycles. The number of amides is 2. The zero-order valence-corrected chi connectivity index (χ0v) is 13.1. The molecule has 1 unspecified atom stereocenters. The van der Waals surface area contributed by atoms with Crippen LogP contribution in [0.5, 0.6) is 0 Å². The topological polar surface area (TPSA) is 69.6 Å². The highest BCUT2D eigenvalue weighted by Gasteiger charge is 2.39. The lowest BCUT2D eigenvalue weighted by Crippen LogP contribution is -2.49. The zero-order chi connectivity index (χ0) is 15.6. The van der Waals surface area contributed by atoms with Crippen molar-refractivity contribution >= 4 is 33.6 Å². The SMILES string of the molecule is CC1(C(=O)O)CCCN(C(=O)Nc2ccc(Br)c(F)c2)C1. The molecule has 21 heavy (non-hydrogen) atoms. The maximum atomic E-state index is 13.4. The molecule has 0 aromatic heterocycles. The van der Waals surface area contributed by atoms with Gasteiger partial charge in [-0.1, -0.05) is 0 Å². The Bertz CT molecular complexity index is 581. The van der Waals surface area contributed by atoms with Crippen LogP contribution in [-0.4, -0.2) is 35.1 Å². The van der Waals surface area contributed by atoms with E-state index < -0.39 is 23.2 Å². The first kappa shape index (κ1) is 15.8. The van der Waals surface area contributed by atoms with E-state index >= 15 is 0 Å². The van der Waals surface area contributed by atoms with Gasteiger partial charge >= 0.3 is 12.0 Å². The van der Waals surface area contributed by atoms with E-state index in [1.165, 1.54) is 17.0 Å². The van der Waals surface area contributed by atoms with E-state index in [0.717, 1.165) is 0 Å². The molecule has 2 amide bonds. The number of piperidine rings is 1. The van der Waals surface area contributed by atoms with Crippen LogP contribution in [0.15, 0.2) is 22.7 Å². The van der Waals surface area contributed by atoms with Crippen molar-refractivity contribution in [3.63, 3.8) is 0 Å². The minimum Gasteiger partial charge on any atom is -0.481 e. The summed E-state index contributed by atoms with van der Waals surface area (Å²) in [5.74, 6) is -1.38. The fourth-order valence-electron chi connectivity index (χ4n) is 2.36. The minimum absolute atomic E-state index is 0.146. The Labute approximate surface area is 130 Å². The Morgan fingerprint density at radius 1 is 1.48 bits per heavy atom. The number of anilines is 1. The molecule has 0 bridgehead atoms. The number of carbonyl (C=O) groups is 2. The van der Waals surface area contributed by atoms with E-state index in [1.807, 2.05) is 0 Å². The Morgan fingerprint density at radius 2 is 2.19 bits per heavy atom. The first-order chi connectivity index (χ1) is 9.82. The number of nitrogens with zero attached hydrogens (tertiary/aromatic N) is 1. The molecule has 2 N–H and O–H groups in total. The predicted molar refractivity (Wildman–Crippen MR) is 79.7 cm³/mol.